The number of hydrogen-bond acceptors (Lipinski definition) is 3. The second kappa shape index (κ2) is 7.41. The zero-order valence-electron chi connectivity index (χ0n) is 10.2. The van der Waals surface area contributed by atoms with Gasteiger partial charge in [0.25, 0.3) is 0 Å². The highest BCUT2D eigenvalue weighted by Crippen LogP contribution is 2.22. The molecule has 0 spiro atoms. The molecule has 0 fully saturated rings. The number of unbranched alkanes of at least 4 members (excludes halogenated alkanes) is 2. The van der Waals surface area contributed by atoms with Gasteiger partial charge in [-0.1, -0.05) is 40.5 Å². The van der Waals surface area contributed by atoms with Gasteiger partial charge in [0.2, 0.25) is 0 Å². The van der Waals surface area contributed by atoms with Crippen molar-refractivity contribution in [3.63, 3.8) is 0 Å². The first-order valence-electron chi connectivity index (χ1n) is 6.52. The number of alkyl halides is 1. The molecule has 2 rings (SSSR count). The van der Waals surface area contributed by atoms with Crippen LogP contribution in [-0.4, -0.2) is 25.8 Å². The molecule has 0 atom stereocenters. The Balaban J connectivity index is 1.82. The maximum Gasteiger partial charge on any atom is 0.191 e. The van der Waals surface area contributed by atoms with E-state index in [1.807, 2.05) is 11.8 Å². The molecule has 1 aliphatic rings. The minimum atomic E-state index is 1.11. The molecule has 5 heteroatoms. The summed E-state index contributed by atoms with van der Waals surface area (Å²) in [6.45, 7) is 1.12. The highest BCUT2D eigenvalue weighted by molar-refractivity contribution is 9.09. The number of rotatable bonds is 6. The fraction of sp³-hybridized carbons (Fsp3) is 0.833. The first kappa shape index (κ1) is 13.4. The summed E-state index contributed by atoms with van der Waals surface area (Å²) < 4.78 is 2.34. The third-order valence-corrected chi connectivity index (χ3v) is 4.70. The van der Waals surface area contributed by atoms with Crippen LogP contribution in [0.25, 0.3) is 0 Å². The minimum absolute atomic E-state index is 1.11. The molecule has 0 aromatic carbocycles. The number of aryl methyl sites for hydroxylation is 1. The van der Waals surface area contributed by atoms with E-state index >= 15 is 0 Å². The van der Waals surface area contributed by atoms with E-state index in [-0.39, 0.29) is 0 Å². The quantitative estimate of drug-likeness (QED) is 0.455. The first-order valence-corrected chi connectivity index (χ1v) is 8.63. The lowest BCUT2D eigenvalue weighted by molar-refractivity contribution is 0.590. The van der Waals surface area contributed by atoms with E-state index in [0.717, 1.165) is 23.5 Å². The first-order chi connectivity index (χ1) is 8.42. The van der Waals surface area contributed by atoms with Crippen molar-refractivity contribution in [2.24, 2.45) is 0 Å². The largest absolute Gasteiger partial charge is 0.306 e. The van der Waals surface area contributed by atoms with E-state index in [4.69, 9.17) is 0 Å². The van der Waals surface area contributed by atoms with Gasteiger partial charge in [0.15, 0.2) is 5.16 Å². The van der Waals surface area contributed by atoms with E-state index in [1.165, 1.54) is 50.1 Å². The van der Waals surface area contributed by atoms with Crippen molar-refractivity contribution in [1.29, 1.82) is 0 Å². The van der Waals surface area contributed by atoms with Gasteiger partial charge in [-0.15, -0.1) is 10.2 Å². The van der Waals surface area contributed by atoms with Crippen molar-refractivity contribution < 1.29 is 0 Å². The molecule has 96 valence electrons. The average molecular weight is 318 g/mol. The molecule has 0 saturated heterocycles. The Morgan fingerprint density at radius 2 is 2.06 bits per heavy atom. The van der Waals surface area contributed by atoms with E-state index in [0.29, 0.717) is 0 Å². The molecule has 0 bridgehead atoms. The molecule has 1 aliphatic heterocycles. The summed E-state index contributed by atoms with van der Waals surface area (Å²) in [7, 11) is 0. The molecule has 0 N–H and O–H groups in total. The highest BCUT2D eigenvalue weighted by atomic mass is 79.9. The molecule has 1 aromatic rings. The van der Waals surface area contributed by atoms with Crippen LogP contribution >= 0.6 is 27.7 Å². The van der Waals surface area contributed by atoms with Crippen LogP contribution in [0.3, 0.4) is 0 Å². The van der Waals surface area contributed by atoms with Crippen molar-refractivity contribution in [3.8, 4) is 0 Å². The van der Waals surface area contributed by atoms with Crippen molar-refractivity contribution in [2.75, 3.05) is 11.1 Å². The Labute approximate surface area is 116 Å². The lowest BCUT2D eigenvalue weighted by Crippen LogP contribution is -2.02. The van der Waals surface area contributed by atoms with Crippen LogP contribution < -0.4 is 0 Å². The number of thioether (sulfide) groups is 1. The second-order valence-electron chi connectivity index (χ2n) is 4.46. The number of aromatic nitrogens is 3. The van der Waals surface area contributed by atoms with E-state index < -0.39 is 0 Å². The van der Waals surface area contributed by atoms with E-state index in [1.54, 1.807) is 0 Å². The molecule has 0 amide bonds. The van der Waals surface area contributed by atoms with Crippen LogP contribution in [0.1, 0.15) is 44.3 Å². The number of fused-ring (bicyclic) bond motifs is 1. The highest BCUT2D eigenvalue weighted by Gasteiger charge is 2.14. The monoisotopic (exact) mass is 317 g/mol. The lowest BCUT2D eigenvalue weighted by Gasteiger charge is -2.05. The Morgan fingerprint density at radius 1 is 1.12 bits per heavy atom. The second-order valence-corrected chi connectivity index (χ2v) is 6.31. The standard InChI is InChI=1S/C12H20BrN3S/c13-8-4-2-6-10-17-12-15-14-11-7-3-1-5-9-16(11)12/h1-10H2. The maximum atomic E-state index is 4.32. The van der Waals surface area contributed by atoms with Crippen molar-refractivity contribution in [1.82, 2.24) is 14.8 Å². The molecule has 3 nitrogen and oxygen atoms in total. The fourth-order valence-electron chi connectivity index (χ4n) is 2.10. The molecule has 0 unspecified atom stereocenters. The molecule has 0 aliphatic carbocycles. The topological polar surface area (TPSA) is 30.7 Å². The van der Waals surface area contributed by atoms with Gasteiger partial charge in [-0.25, -0.2) is 0 Å². The fourth-order valence-corrected chi connectivity index (χ4v) is 3.48. The summed E-state index contributed by atoms with van der Waals surface area (Å²) >= 11 is 5.34. The van der Waals surface area contributed by atoms with E-state index in [2.05, 4.69) is 30.7 Å². The van der Waals surface area contributed by atoms with Gasteiger partial charge in [-0.3, -0.25) is 0 Å². The van der Waals surface area contributed by atoms with Crippen LogP contribution in [0.5, 0.6) is 0 Å². The maximum absolute atomic E-state index is 4.32. The minimum Gasteiger partial charge on any atom is -0.306 e. The molecule has 17 heavy (non-hydrogen) atoms. The van der Waals surface area contributed by atoms with Gasteiger partial charge in [0, 0.05) is 24.0 Å². The Bertz CT molecular complexity index is 340. The van der Waals surface area contributed by atoms with Crippen molar-refractivity contribution in [2.45, 2.75) is 56.6 Å². The summed E-state index contributed by atoms with van der Waals surface area (Å²) in [6.07, 6.45) is 8.85. The van der Waals surface area contributed by atoms with Gasteiger partial charge >= 0.3 is 0 Å². The average Bonchev–Trinajstić information content (AvgIpc) is 2.59. The summed E-state index contributed by atoms with van der Waals surface area (Å²) in [6, 6.07) is 0. The van der Waals surface area contributed by atoms with Crippen LogP contribution in [-0.2, 0) is 13.0 Å². The van der Waals surface area contributed by atoms with Gasteiger partial charge in [-0.05, 0) is 25.7 Å². The predicted molar refractivity (Wildman–Crippen MR) is 75.9 cm³/mol. The molecule has 2 heterocycles. The Hall–Kier alpha value is -0.0300. The van der Waals surface area contributed by atoms with Crippen molar-refractivity contribution >= 4 is 27.7 Å². The van der Waals surface area contributed by atoms with Crippen LogP contribution in [0.15, 0.2) is 5.16 Å². The Kier molecular flexibility index (Phi) is 5.85. The third-order valence-electron chi connectivity index (χ3n) is 3.08. The van der Waals surface area contributed by atoms with Gasteiger partial charge in [0.1, 0.15) is 5.82 Å². The summed E-state index contributed by atoms with van der Waals surface area (Å²) in [5.41, 5.74) is 0. The van der Waals surface area contributed by atoms with Crippen molar-refractivity contribution in [3.05, 3.63) is 5.82 Å². The van der Waals surface area contributed by atoms with Crippen LogP contribution in [0.2, 0.25) is 0 Å². The van der Waals surface area contributed by atoms with Crippen LogP contribution in [0.4, 0.5) is 0 Å². The zero-order valence-corrected chi connectivity index (χ0v) is 12.6. The van der Waals surface area contributed by atoms with E-state index in [9.17, 15) is 0 Å². The summed E-state index contributed by atoms with van der Waals surface area (Å²) in [5.74, 6) is 2.37. The number of halogens is 1. The predicted octanol–water partition coefficient (Wildman–Crippen LogP) is 3.66. The molecule has 1 aromatic heterocycles. The summed E-state index contributed by atoms with van der Waals surface area (Å²) in [5, 5.41) is 10.9. The zero-order chi connectivity index (χ0) is 11.9. The lowest BCUT2D eigenvalue weighted by atomic mass is 10.2. The normalized spacial score (nSPS) is 15.6. The SMILES string of the molecule is BrCCCCCSc1nnc2n1CCCCC2. The molecular formula is C12H20BrN3S. The Morgan fingerprint density at radius 3 is 2.94 bits per heavy atom. The molecule has 0 radical (unpaired) electrons. The summed E-state index contributed by atoms with van der Waals surface area (Å²) in [4.78, 5) is 0. The third kappa shape index (κ3) is 3.98. The smallest absolute Gasteiger partial charge is 0.191 e. The van der Waals surface area contributed by atoms with Gasteiger partial charge in [0.05, 0.1) is 0 Å². The molecule has 0 saturated carbocycles. The van der Waals surface area contributed by atoms with Gasteiger partial charge in [-0.2, -0.15) is 0 Å². The number of nitrogens with zero attached hydrogens (tertiary/aromatic N) is 3. The van der Waals surface area contributed by atoms with Gasteiger partial charge < -0.3 is 4.57 Å². The van der Waals surface area contributed by atoms with Crippen LogP contribution in [0, 0.1) is 0 Å². The number of hydrogen-bond donors (Lipinski definition) is 0. The molecular weight excluding hydrogens is 298 g/mol.